The van der Waals surface area contributed by atoms with Gasteiger partial charge in [0.2, 0.25) is 0 Å². The van der Waals surface area contributed by atoms with Gasteiger partial charge in [0, 0.05) is 12.8 Å². The van der Waals surface area contributed by atoms with E-state index in [9.17, 15) is 4.79 Å². The molecular weight excluding hydrogens is 160 g/mol. The van der Waals surface area contributed by atoms with Gasteiger partial charge in [-0.2, -0.15) is 0 Å². The van der Waals surface area contributed by atoms with E-state index < -0.39 is 0 Å². The van der Waals surface area contributed by atoms with Crippen molar-refractivity contribution in [3.05, 3.63) is 12.2 Å². The van der Waals surface area contributed by atoms with E-state index in [1.54, 1.807) is 0 Å². The Morgan fingerprint density at radius 2 is 2.08 bits per heavy atom. The Morgan fingerprint density at radius 1 is 1.23 bits per heavy atom. The summed E-state index contributed by atoms with van der Waals surface area (Å²) >= 11 is 0. The van der Waals surface area contributed by atoms with Crippen LogP contribution in [0.2, 0.25) is 0 Å². The molecule has 0 aromatic heterocycles. The number of carbonyl (C=O) groups excluding carboxylic acids is 1. The van der Waals surface area contributed by atoms with E-state index in [1.165, 1.54) is 25.7 Å². The molecule has 0 aromatic rings. The quantitative estimate of drug-likeness (QED) is 0.519. The second kappa shape index (κ2) is 2.46. The Bertz CT molecular complexity index is 275. The monoisotopic (exact) mass is 176 g/mol. The van der Waals surface area contributed by atoms with Crippen LogP contribution < -0.4 is 0 Å². The lowest BCUT2D eigenvalue weighted by Crippen LogP contribution is -2.29. The SMILES string of the molecule is O=C1C[C@@H]2CC[C@H]3CC=CC[C@]32C1. The Balaban J connectivity index is 1.99. The zero-order chi connectivity index (χ0) is 8.89. The molecule has 3 aliphatic carbocycles. The van der Waals surface area contributed by atoms with Crippen molar-refractivity contribution in [2.24, 2.45) is 17.3 Å². The van der Waals surface area contributed by atoms with Gasteiger partial charge in [-0.05, 0) is 42.9 Å². The summed E-state index contributed by atoms with van der Waals surface area (Å²) in [6.07, 6.45) is 11.5. The van der Waals surface area contributed by atoms with Crippen LogP contribution in [0.5, 0.6) is 0 Å². The van der Waals surface area contributed by atoms with Crippen molar-refractivity contribution < 1.29 is 4.79 Å². The molecule has 3 aliphatic rings. The molecule has 1 spiro atoms. The lowest BCUT2D eigenvalue weighted by molar-refractivity contribution is -0.118. The van der Waals surface area contributed by atoms with Crippen LogP contribution in [0.1, 0.15) is 38.5 Å². The summed E-state index contributed by atoms with van der Waals surface area (Å²) in [6, 6.07) is 0. The van der Waals surface area contributed by atoms with Gasteiger partial charge < -0.3 is 0 Å². The largest absolute Gasteiger partial charge is 0.300 e. The Labute approximate surface area is 79.2 Å². The number of carbonyl (C=O) groups is 1. The average molecular weight is 176 g/mol. The standard InChI is InChI=1S/C12H16O/c13-11-7-10-5-4-9-3-1-2-6-12(9,10)8-11/h1-2,9-10H,3-8H2/t9-,10+,12+/m1/s1. The topological polar surface area (TPSA) is 17.1 Å². The van der Waals surface area contributed by atoms with Crippen molar-refractivity contribution in [2.75, 3.05) is 0 Å². The molecule has 0 bridgehead atoms. The van der Waals surface area contributed by atoms with Crippen molar-refractivity contribution in [3.63, 3.8) is 0 Å². The molecular formula is C12H16O. The predicted octanol–water partition coefficient (Wildman–Crippen LogP) is 2.71. The molecule has 0 heterocycles. The van der Waals surface area contributed by atoms with Crippen molar-refractivity contribution in [2.45, 2.75) is 38.5 Å². The van der Waals surface area contributed by atoms with Gasteiger partial charge in [-0.3, -0.25) is 4.79 Å². The van der Waals surface area contributed by atoms with Gasteiger partial charge in [0.1, 0.15) is 5.78 Å². The van der Waals surface area contributed by atoms with Gasteiger partial charge >= 0.3 is 0 Å². The smallest absolute Gasteiger partial charge is 0.133 e. The fourth-order valence-electron chi connectivity index (χ4n) is 3.94. The zero-order valence-electron chi connectivity index (χ0n) is 7.96. The minimum Gasteiger partial charge on any atom is -0.300 e. The van der Waals surface area contributed by atoms with E-state index >= 15 is 0 Å². The summed E-state index contributed by atoms with van der Waals surface area (Å²) in [5.41, 5.74) is 0.436. The average Bonchev–Trinajstić information content (AvgIpc) is 2.57. The van der Waals surface area contributed by atoms with E-state index in [2.05, 4.69) is 12.2 Å². The van der Waals surface area contributed by atoms with Gasteiger partial charge in [0.15, 0.2) is 0 Å². The number of hydrogen-bond donors (Lipinski definition) is 0. The predicted molar refractivity (Wildman–Crippen MR) is 51.3 cm³/mol. The van der Waals surface area contributed by atoms with Gasteiger partial charge in [0.25, 0.3) is 0 Å². The summed E-state index contributed by atoms with van der Waals surface area (Å²) in [7, 11) is 0. The molecule has 2 saturated carbocycles. The minimum atomic E-state index is 0.436. The molecule has 13 heavy (non-hydrogen) atoms. The maximum atomic E-state index is 11.5. The highest BCUT2D eigenvalue weighted by Crippen LogP contribution is 2.60. The van der Waals surface area contributed by atoms with Crippen molar-refractivity contribution in [1.82, 2.24) is 0 Å². The van der Waals surface area contributed by atoms with Crippen LogP contribution in [0, 0.1) is 17.3 Å². The molecule has 0 unspecified atom stereocenters. The summed E-state index contributed by atoms with van der Waals surface area (Å²) in [5, 5.41) is 0. The lowest BCUT2D eigenvalue weighted by Gasteiger charge is -2.36. The molecule has 0 radical (unpaired) electrons. The molecule has 1 nitrogen and oxygen atoms in total. The third-order valence-corrected chi connectivity index (χ3v) is 4.58. The normalized spacial score (nSPS) is 47.8. The number of Topliss-reactive ketones (excluding diaryl/α,β-unsaturated/α-hetero) is 1. The lowest BCUT2D eigenvalue weighted by atomic mass is 9.68. The first-order valence-corrected chi connectivity index (χ1v) is 5.48. The second-order valence-electron chi connectivity index (χ2n) is 5.04. The molecule has 1 heteroatoms. The Kier molecular flexibility index (Phi) is 1.47. The van der Waals surface area contributed by atoms with Crippen LogP contribution >= 0.6 is 0 Å². The van der Waals surface area contributed by atoms with Crippen LogP contribution in [0.4, 0.5) is 0 Å². The van der Waals surface area contributed by atoms with Gasteiger partial charge in [-0.1, -0.05) is 12.2 Å². The maximum absolute atomic E-state index is 11.5. The molecule has 0 amide bonds. The third-order valence-electron chi connectivity index (χ3n) is 4.58. The van der Waals surface area contributed by atoms with Gasteiger partial charge in [0.05, 0.1) is 0 Å². The van der Waals surface area contributed by atoms with Gasteiger partial charge in [-0.25, -0.2) is 0 Å². The highest BCUT2D eigenvalue weighted by molar-refractivity contribution is 5.82. The fourth-order valence-corrected chi connectivity index (χ4v) is 3.94. The number of rotatable bonds is 0. The van der Waals surface area contributed by atoms with Gasteiger partial charge in [-0.15, -0.1) is 0 Å². The molecule has 0 aliphatic heterocycles. The highest BCUT2D eigenvalue weighted by Gasteiger charge is 2.54. The number of allylic oxidation sites excluding steroid dienone is 2. The van der Waals surface area contributed by atoms with Crippen LogP contribution in [0.25, 0.3) is 0 Å². The summed E-state index contributed by atoms with van der Waals surface area (Å²) in [6.45, 7) is 0. The van der Waals surface area contributed by atoms with Crippen LogP contribution in [-0.2, 0) is 4.79 Å². The molecule has 0 saturated heterocycles. The van der Waals surface area contributed by atoms with Crippen LogP contribution in [0.3, 0.4) is 0 Å². The third kappa shape index (κ3) is 0.905. The number of ketones is 1. The number of hydrogen-bond acceptors (Lipinski definition) is 1. The summed E-state index contributed by atoms with van der Waals surface area (Å²) in [5.74, 6) is 2.12. The highest BCUT2D eigenvalue weighted by atomic mass is 16.1. The van der Waals surface area contributed by atoms with Crippen LogP contribution in [0.15, 0.2) is 12.2 Å². The maximum Gasteiger partial charge on any atom is 0.133 e. The molecule has 3 rings (SSSR count). The summed E-state index contributed by atoms with van der Waals surface area (Å²) < 4.78 is 0. The van der Waals surface area contributed by atoms with E-state index in [-0.39, 0.29) is 0 Å². The molecule has 3 atom stereocenters. The first kappa shape index (κ1) is 7.78. The van der Waals surface area contributed by atoms with Crippen LogP contribution in [-0.4, -0.2) is 5.78 Å². The Hall–Kier alpha value is -0.590. The first-order chi connectivity index (χ1) is 6.31. The Morgan fingerprint density at radius 3 is 3.00 bits per heavy atom. The van der Waals surface area contributed by atoms with E-state index in [4.69, 9.17) is 0 Å². The molecule has 0 N–H and O–H groups in total. The van der Waals surface area contributed by atoms with Crippen molar-refractivity contribution in [3.8, 4) is 0 Å². The summed E-state index contributed by atoms with van der Waals surface area (Å²) in [4.78, 5) is 11.5. The van der Waals surface area contributed by atoms with E-state index in [0.29, 0.717) is 11.2 Å². The second-order valence-corrected chi connectivity index (χ2v) is 5.04. The van der Waals surface area contributed by atoms with Crippen molar-refractivity contribution >= 4 is 5.78 Å². The first-order valence-electron chi connectivity index (χ1n) is 5.48. The van der Waals surface area contributed by atoms with E-state index in [1.807, 2.05) is 0 Å². The molecule has 0 aromatic carbocycles. The van der Waals surface area contributed by atoms with Crippen molar-refractivity contribution in [1.29, 1.82) is 0 Å². The minimum absolute atomic E-state index is 0.436. The zero-order valence-corrected chi connectivity index (χ0v) is 7.96. The molecule has 70 valence electrons. The van der Waals surface area contributed by atoms with E-state index in [0.717, 1.165) is 24.7 Å². The fraction of sp³-hybridized carbons (Fsp3) is 0.750. The molecule has 2 fully saturated rings.